The molecule has 0 amide bonds. The summed E-state index contributed by atoms with van der Waals surface area (Å²) in [6.07, 6.45) is 5.82. The molecule has 3 nitrogen and oxygen atoms in total. The summed E-state index contributed by atoms with van der Waals surface area (Å²) in [6, 6.07) is 0. The number of nitrogens with zero attached hydrogens (tertiary/aromatic N) is 2. The Balaban J connectivity index is 2.19. The van der Waals surface area contributed by atoms with Crippen molar-refractivity contribution in [2.45, 2.75) is 12.3 Å². The molecule has 1 heterocycles. The Hall–Kier alpha value is -0.198. The van der Waals surface area contributed by atoms with Crippen LogP contribution in [0.4, 0.5) is 0 Å². The van der Waals surface area contributed by atoms with E-state index in [1.165, 1.54) is 5.69 Å². The van der Waals surface area contributed by atoms with Gasteiger partial charge < -0.3 is 0 Å². The van der Waals surface area contributed by atoms with Gasteiger partial charge >= 0.3 is 81.0 Å². The summed E-state index contributed by atoms with van der Waals surface area (Å²) < 4.78 is 2.15. The average Bonchev–Trinajstić information content (AvgIpc) is 2.68. The van der Waals surface area contributed by atoms with Gasteiger partial charge in [0, 0.05) is 0 Å². The maximum atomic E-state index is 10.4. The van der Waals surface area contributed by atoms with Crippen LogP contribution in [0.3, 0.4) is 0 Å². The molecule has 54 valence electrons. The van der Waals surface area contributed by atoms with E-state index < -0.39 is 0 Å². The molecule has 2 unspecified atom stereocenters. The molecule has 2 rings (SSSR count). The predicted octanol–water partition coefficient (Wildman–Crippen LogP) is 0.117. The summed E-state index contributed by atoms with van der Waals surface area (Å²) in [5.41, 5.74) is 1.26. The molecule has 1 aromatic rings. The standard InChI is InChI=1S/C7H7N2O.Tl/c10-3-5-1-6(5)7-2-8-4-9-7;/h2-6H,1H2;/q-1;+1. The zero-order valence-corrected chi connectivity index (χ0v) is 10.5. The third-order valence-corrected chi connectivity index (χ3v) is 3.77. The molecule has 0 spiro atoms. The minimum absolute atomic E-state index is 0.282. The van der Waals surface area contributed by atoms with Crippen LogP contribution in [0.1, 0.15) is 18.0 Å². The van der Waals surface area contributed by atoms with Gasteiger partial charge in [-0.1, -0.05) is 0 Å². The van der Waals surface area contributed by atoms with E-state index >= 15 is 0 Å². The first kappa shape index (κ1) is 7.45. The summed E-state index contributed by atoms with van der Waals surface area (Å²) in [4.78, 5) is 14.4. The zero-order valence-electron chi connectivity index (χ0n) is 5.97. The molecule has 0 aromatic carbocycles. The number of aldehydes is 1. The van der Waals surface area contributed by atoms with Gasteiger partial charge in [-0.15, -0.1) is 0 Å². The predicted molar refractivity (Wildman–Crippen MR) is 40.3 cm³/mol. The Morgan fingerprint density at radius 1 is 1.82 bits per heavy atom. The number of aromatic nitrogens is 2. The van der Waals surface area contributed by atoms with E-state index in [-0.39, 0.29) is 5.92 Å². The van der Waals surface area contributed by atoms with Crippen molar-refractivity contribution in [2.24, 2.45) is 5.92 Å². The van der Waals surface area contributed by atoms with Crippen LogP contribution >= 0.6 is 0 Å². The molecule has 1 aromatic heterocycles. The van der Waals surface area contributed by atoms with Crippen LogP contribution in [-0.2, 0) is 4.79 Å². The van der Waals surface area contributed by atoms with Crippen LogP contribution in [0.2, 0.25) is 0 Å². The molecule has 0 radical (unpaired) electrons. The van der Waals surface area contributed by atoms with Gasteiger partial charge in [0.05, 0.1) is 0 Å². The SMILES string of the molecule is O=CC1CC1c1cnc[n]1[Tl]. The molecule has 1 saturated carbocycles. The van der Waals surface area contributed by atoms with E-state index in [0.717, 1.165) is 38.8 Å². The third kappa shape index (κ3) is 1.26. The molecule has 2 atom stereocenters. The Labute approximate surface area is 80.9 Å². The molecule has 1 aliphatic carbocycles. The van der Waals surface area contributed by atoms with Gasteiger partial charge in [0.25, 0.3) is 0 Å². The van der Waals surface area contributed by atoms with Crippen molar-refractivity contribution in [2.75, 3.05) is 0 Å². The van der Waals surface area contributed by atoms with E-state index in [2.05, 4.69) is 7.36 Å². The van der Waals surface area contributed by atoms with Gasteiger partial charge in [-0.3, -0.25) is 0 Å². The van der Waals surface area contributed by atoms with Crippen molar-refractivity contribution in [3.05, 3.63) is 18.2 Å². The van der Waals surface area contributed by atoms with E-state index in [1.807, 2.05) is 12.5 Å². The number of rotatable bonds is 2. The molecular formula is C7H7N2OTl. The first-order valence-electron chi connectivity index (χ1n) is 3.55. The van der Waals surface area contributed by atoms with Gasteiger partial charge in [-0.25, -0.2) is 0 Å². The summed E-state index contributed by atoms with van der Waals surface area (Å²) >= 11 is 0.769. The number of carbonyl (C=O) groups excluding carboxylic acids is 1. The van der Waals surface area contributed by atoms with E-state index in [1.54, 1.807) is 0 Å². The van der Waals surface area contributed by atoms with Crippen LogP contribution in [0.5, 0.6) is 0 Å². The quantitative estimate of drug-likeness (QED) is 0.567. The average molecular weight is 340 g/mol. The van der Waals surface area contributed by atoms with E-state index in [4.69, 9.17) is 0 Å². The molecule has 11 heavy (non-hydrogen) atoms. The Bertz CT molecular complexity index is 284. The Morgan fingerprint density at radius 3 is 3.09 bits per heavy atom. The molecule has 0 bridgehead atoms. The first-order valence-corrected chi connectivity index (χ1v) is 5.56. The summed E-state index contributed by atoms with van der Waals surface area (Å²) in [5, 5.41) is 0. The summed E-state index contributed by atoms with van der Waals surface area (Å²) in [7, 11) is 0. The molecule has 4 heteroatoms. The molecule has 1 aliphatic rings. The maximum absolute atomic E-state index is 10.4. The van der Waals surface area contributed by atoms with Crippen molar-refractivity contribution in [1.82, 2.24) is 7.36 Å². The minimum atomic E-state index is 0.282. The molecule has 0 saturated heterocycles. The molecule has 1 fully saturated rings. The normalized spacial score (nSPS) is 28.3. The van der Waals surface area contributed by atoms with Crippen molar-refractivity contribution in [3.63, 3.8) is 0 Å². The van der Waals surface area contributed by atoms with Crippen molar-refractivity contribution in [1.29, 1.82) is 0 Å². The second-order valence-corrected chi connectivity index (χ2v) is 5.03. The number of carbonyl (C=O) groups is 1. The van der Waals surface area contributed by atoms with E-state index in [9.17, 15) is 4.79 Å². The Morgan fingerprint density at radius 2 is 2.64 bits per heavy atom. The fraction of sp³-hybridized carbons (Fsp3) is 0.429. The van der Waals surface area contributed by atoms with Crippen molar-refractivity contribution >= 4 is 32.4 Å². The number of hydrogen-bond donors (Lipinski definition) is 0. The van der Waals surface area contributed by atoms with Crippen LogP contribution in [0.25, 0.3) is 0 Å². The van der Waals surface area contributed by atoms with Crippen LogP contribution < -0.4 is 0 Å². The third-order valence-electron chi connectivity index (χ3n) is 2.09. The second-order valence-electron chi connectivity index (χ2n) is 2.87. The van der Waals surface area contributed by atoms with Crippen LogP contribution in [0.15, 0.2) is 12.5 Å². The summed E-state index contributed by atoms with van der Waals surface area (Å²) in [6.45, 7) is 0. The number of imidazole rings is 1. The van der Waals surface area contributed by atoms with Gasteiger partial charge in [-0.2, -0.15) is 0 Å². The van der Waals surface area contributed by atoms with Gasteiger partial charge in [-0.05, 0) is 0 Å². The van der Waals surface area contributed by atoms with E-state index in [0.29, 0.717) is 5.92 Å². The molecular weight excluding hydrogens is 332 g/mol. The van der Waals surface area contributed by atoms with Gasteiger partial charge in [0.2, 0.25) is 0 Å². The zero-order chi connectivity index (χ0) is 7.84. The van der Waals surface area contributed by atoms with Crippen LogP contribution in [0, 0.1) is 5.92 Å². The number of hydrogen-bond acceptors (Lipinski definition) is 2. The molecule has 0 N–H and O–H groups in total. The van der Waals surface area contributed by atoms with Crippen LogP contribution in [-0.4, -0.2) is 39.7 Å². The first-order chi connectivity index (χ1) is 5.33. The topological polar surface area (TPSA) is 34.9 Å². The monoisotopic (exact) mass is 340 g/mol. The molecule has 0 aliphatic heterocycles. The fourth-order valence-corrected chi connectivity index (χ4v) is 2.61. The Kier molecular flexibility index (Phi) is 1.82. The second kappa shape index (κ2) is 2.69. The van der Waals surface area contributed by atoms with Gasteiger partial charge in [0.1, 0.15) is 0 Å². The summed E-state index contributed by atoms with van der Waals surface area (Å²) in [5.74, 6) is 0.768. The van der Waals surface area contributed by atoms with Gasteiger partial charge in [0.15, 0.2) is 0 Å². The van der Waals surface area contributed by atoms with Crippen molar-refractivity contribution < 1.29 is 4.79 Å². The fourth-order valence-electron chi connectivity index (χ4n) is 1.31. The van der Waals surface area contributed by atoms with Crippen molar-refractivity contribution in [3.8, 4) is 0 Å².